The molecule has 2 nitrogen and oxygen atoms in total. The van der Waals surface area contributed by atoms with Gasteiger partial charge < -0.3 is 9.47 Å². The Morgan fingerprint density at radius 2 is 1.82 bits per heavy atom. The predicted molar refractivity (Wildman–Crippen MR) is 71.4 cm³/mol. The molecular formula is C14H17BrO2. The lowest BCUT2D eigenvalue weighted by atomic mass is 9.97. The molecule has 0 bridgehead atoms. The summed E-state index contributed by atoms with van der Waals surface area (Å²) in [6, 6.07) is 6.43. The summed E-state index contributed by atoms with van der Waals surface area (Å²) in [7, 11) is 0. The molecule has 2 unspecified atom stereocenters. The number of halogens is 1. The van der Waals surface area contributed by atoms with Crippen LogP contribution in [0.15, 0.2) is 18.2 Å². The molecule has 0 spiro atoms. The maximum absolute atomic E-state index is 5.74. The normalized spacial score (nSPS) is 27.8. The zero-order valence-corrected chi connectivity index (χ0v) is 11.4. The third kappa shape index (κ3) is 2.30. The van der Waals surface area contributed by atoms with Gasteiger partial charge in [-0.2, -0.15) is 0 Å². The molecule has 1 fully saturated rings. The largest absolute Gasteiger partial charge is 0.490 e. The van der Waals surface area contributed by atoms with Crippen LogP contribution in [-0.2, 0) is 0 Å². The highest BCUT2D eigenvalue weighted by Crippen LogP contribution is 2.42. The minimum atomic E-state index is 0.618. The number of alkyl halides is 1. The lowest BCUT2D eigenvalue weighted by Crippen LogP contribution is -2.04. The second-order valence-electron chi connectivity index (χ2n) is 4.81. The van der Waals surface area contributed by atoms with Crippen LogP contribution in [0.4, 0.5) is 0 Å². The molecule has 1 heterocycles. The Balaban J connectivity index is 1.89. The minimum absolute atomic E-state index is 0.618. The molecule has 1 aliphatic carbocycles. The van der Waals surface area contributed by atoms with E-state index in [1.54, 1.807) is 0 Å². The summed E-state index contributed by atoms with van der Waals surface area (Å²) in [5.41, 5.74) is 1.38. The Morgan fingerprint density at radius 1 is 1.00 bits per heavy atom. The van der Waals surface area contributed by atoms with Gasteiger partial charge in [0.25, 0.3) is 0 Å². The van der Waals surface area contributed by atoms with Crippen molar-refractivity contribution in [3.8, 4) is 11.5 Å². The highest BCUT2D eigenvalue weighted by Gasteiger charge is 2.27. The van der Waals surface area contributed by atoms with Gasteiger partial charge in [0.05, 0.1) is 13.2 Å². The average Bonchev–Trinajstić information content (AvgIpc) is 2.64. The van der Waals surface area contributed by atoms with Crippen LogP contribution < -0.4 is 9.47 Å². The Hall–Kier alpha value is -0.700. The summed E-state index contributed by atoms with van der Waals surface area (Å²) in [5, 5.41) is 0. The van der Waals surface area contributed by atoms with Gasteiger partial charge in [-0.15, -0.1) is 0 Å². The van der Waals surface area contributed by atoms with E-state index >= 15 is 0 Å². The van der Waals surface area contributed by atoms with Gasteiger partial charge >= 0.3 is 0 Å². The van der Waals surface area contributed by atoms with Gasteiger partial charge in [-0.1, -0.05) is 28.4 Å². The minimum Gasteiger partial charge on any atom is -0.490 e. The molecule has 0 amide bonds. The molecule has 0 aromatic heterocycles. The van der Waals surface area contributed by atoms with Crippen molar-refractivity contribution in [1.29, 1.82) is 0 Å². The fraction of sp³-hybridized carbons (Fsp3) is 0.571. The standard InChI is InChI=1S/C14H17BrO2/c15-12-4-1-3-11(12)10-5-6-13-14(9-10)17-8-2-7-16-13/h5-6,9,11-12H,1-4,7-8H2. The summed E-state index contributed by atoms with van der Waals surface area (Å²) in [6.07, 6.45) is 4.83. The number of benzene rings is 1. The second kappa shape index (κ2) is 4.89. The molecule has 92 valence electrons. The van der Waals surface area contributed by atoms with Gasteiger partial charge in [0.15, 0.2) is 11.5 Å². The molecule has 0 N–H and O–H groups in total. The lowest BCUT2D eigenvalue weighted by molar-refractivity contribution is 0.297. The predicted octanol–water partition coefficient (Wildman–Crippen LogP) is 3.88. The first-order valence-electron chi connectivity index (χ1n) is 6.38. The van der Waals surface area contributed by atoms with Gasteiger partial charge in [-0.25, -0.2) is 0 Å². The zero-order valence-electron chi connectivity index (χ0n) is 9.82. The molecule has 1 aromatic rings. The van der Waals surface area contributed by atoms with Gasteiger partial charge in [0.2, 0.25) is 0 Å². The molecular weight excluding hydrogens is 280 g/mol. The van der Waals surface area contributed by atoms with Crippen LogP contribution in [0, 0.1) is 0 Å². The van der Waals surface area contributed by atoms with E-state index in [1.807, 2.05) is 0 Å². The fourth-order valence-electron chi connectivity index (χ4n) is 2.70. The Kier molecular flexibility index (Phi) is 3.28. The number of hydrogen-bond donors (Lipinski definition) is 0. The number of fused-ring (bicyclic) bond motifs is 1. The van der Waals surface area contributed by atoms with Crippen molar-refractivity contribution in [2.75, 3.05) is 13.2 Å². The van der Waals surface area contributed by atoms with Gasteiger partial charge in [0.1, 0.15) is 0 Å². The average molecular weight is 297 g/mol. The van der Waals surface area contributed by atoms with Crippen LogP contribution in [0.5, 0.6) is 11.5 Å². The van der Waals surface area contributed by atoms with Crippen molar-refractivity contribution in [2.24, 2.45) is 0 Å². The summed E-state index contributed by atoms with van der Waals surface area (Å²) >= 11 is 3.78. The van der Waals surface area contributed by atoms with Crippen LogP contribution >= 0.6 is 15.9 Å². The first kappa shape index (κ1) is 11.4. The lowest BCUT2D eigenvalue weighted by Gasteiger charge is -2.16. The molecule has 2 aliphatic rings. The Morgan fingerprint density at radius 3 is 2.59 bits per heavy atom. The first-order chi connectivity index (χ1) is 8.34. The highest BCUT2D eigenvalue weighted by molar-refractivity contribution is 9.09. The molecule has 0 saturated heterocycles. The molecule has 3 rings (SSSR count). The van der Waals surface area contributed by atoms with Crippen molar-refractivity contribution in [2.45, 2.75) is 36.4 Å². The molecule has 1 saturated carbocycles. The van der Waals surface area contributed by atoms with Gasteiger partial charge in [-0.05, 0) is 36.5 Å². The number of ether oxygens (including phenoxy) is 2. The van der Waals surface area contributed by atoms with Crippen LogP contribution in [0.1, 0.15) is 37.2 Å². The summed E-state index contributed by atoms with van der Waals surface area (Å²) in [6.45, 7) is 1.52. The van der Waals surface area contributed by atoms with E-state index in [9.17, 15) is 0 Å². The maximum atomic E-state index is 5.74. The van der Waals surface area contributed by atoms with Crippen LogP contribution in [0.2, 0.25) is 0 Å². The van der Waals surface area contributed by atoms with Crippen LogP contribution in [-0.4, -0.2) is 18.0 Å². The van der Waals surface area contributed by atoms with E-state index in [0.29, 0.717) is 10.7 Å². The highest BCUT2D eigenvalue weighted by atomic mass is 79.9. The second-order valence-corrected chi connectivity index (χ2v) is 5.99. The Bertz CT molecular complexity index is 405. The smallest absolute Gasteiger partial charge is 0.161 e. The summed E-state index contributed by atoms with van der Waals surface area (Å²) in [4.78, 5) is 0.618. The van der Waals surface area contributed by atoms with E-state index in [1.165, 1.54) is 24.8 Å². The van der Waals surface area contributed by atoms with E-state index in [2.05, 4.69) is 34.1 Å². The fourth-order valence-corrected chi connectivity index (χ4v) is 3.59. The third-order valence-corrected chi connectivity index (χ3v) is 4.73. The maximum Gasteiger partial charge on any atom is 0.161 e. The van der Waals surface area contributed by atoms with Crippen molar-refractivity contribution in [3.63, 3.8) is 0 Å². The zero-order chi connectivity index (χ0) is 11.7. The van der Waals surface area contributed by atoms with Crippen LogP contribution in [0.3, 0.4) is 0 Å². The SMILES string of the molecule is BrC1CCCC1c1ccc2c(c1)OCCCO2. The number of rotatable bonds is 1. The van der Waals surface area contributed by atoms with Gasteiger partial charge in [0, 0.05) is 11.2 Å². The quantitative estimate of drug-likeness (QED) is 0.732. The first-order valence-corrected chi connectivity index (χ1v) is 7.30. The molecule has 0 radical (unpaired) electrons. The van der Waals surface area contributed by atoms with E-state index < -0.39 is 0 Å². The van der Waals surface area contributed by atoms with Crippen molar-refractivity contribution in [3.05, 3.63) is 23.8 Å². The molecule has 3 heteroatoms. The van der Waals surface area contributed by atoms with Crippen molar-refractivity contribution in [1.82, 2.24) is 0 Å². The topological polar surface area (TPSA) is 18.5 Å². The van der Waals surface area contributed by atoms with Crippen LogP contribution in [0.25, 0.3) is 0 Å². The van der Waals surface area contributed by atoms with Crippen molar-refractivity contribution >= 4 is 15.9 Å². The summed E-state index contributed by atoms with van der Waals surface area (Å²) in [5.74, 6) is 2.45. The molecule has 1 aromatic carbocycles. The van der Waals surface area contributed by atoms with Gasteiger partial charge in [-0.3, -0.25) is 0 Å². The van der Waals surface area contributed by atoms with E-state index in [0.717, 1.165) is 31.1 Å². The third-order valence-electron chi connectivity index (χ3n) is 3.63. The van der Waals surface area contributed by atoms with Crippen molar-refractivity contribution < 1.29 is 9.47 Å². The summed E-state index contributed by atoms with van der Waals surface area (Å²) < 4.78 is 11.4. The van der Waals surface area contributed by atoms with E-state index in [-0.39, 0.29) is 0 Å². The van der Waals surface area contributed by atoms with E-state index in [4.69, 9.17) is 9.47 Å². The monoisotopic (exact) mass is 296 g/mol. The Labute approximate surface area is 110 Å². The molecule has 17 heavy (non-hydrogen) atoms. The molecule has 2 atom stereocenters. The number of hydrogen-bond acceptors (Lipinski definition) is 2. The molecule has 1 aliphatic heterocycles.